The number of benzene rings is 2. The molecule has 0 aromatic heterocycles. The van der Waals surface area contributed by atoms with Gasteiger partial charge in [-0.25, -0.2) is 4.39 Å². The highest BCUT2D eigenvalue weighted by Gasteiger charge is 2.25. The number of methoxy groups -OCH3 is 2. The van der Waals surface area contributed by atoms with Crippen LogP contribution in [0.15, 0.2) is 47.5 Å². The molecule has 2 N–H and O–H groups in total. The Morgan fingerprint density at radius 2 is 1.91 bits per heavy atom. The molecule has 3 rings (SSSR count). The van der Waals surface area contributed by atoms with E-state index < -0.39 is 0 Å². The monoisotopic (exact) mass is 443 g/mol. The van der Waals surface area contributed by atoms with Gasteiger partial charge in [0.25, 0.3) is 0 Å². The van der Waals surface area contributed by atoms with Gasteiger partial charge < -0.3 is 29.9 Å². The number of anilines is 1. The summed E-state index contributed by atoms with van der Waals surface area (Å²) in [6.07, 6.45) is 0.987. The van der Waals surface area contributed by atoms with Crippen molar-refractivity contribution < 1.29 is 13.9 Å². The van der Waals surface area contributed by atoms with E-state index in [2.05, 4.69) is 25.4 Å². The number of rotatable bonds is 8. The van der Waals surface area contributed by atoms with E-state index in [0.29, 0.717) is 6.54 Å². The van der Waals surface area contributed by atoms with Crippen LogP contribution in [0.1, 0.15) is 18.0 Å². The lowest BCUT2D eigenvalue weighted by atomic mass is 10.1. The van der Waals surface area contributed by atoms with Gasteiger partial charge in [-0.3, -0.25) is 4.99 Å². The van der Waals surface area contributed by atoms with Gasteiger partial charge in [0.15, 0.2) is 5.96 Å². The number of aliphatic imine (C=N–C) groups is 1. The predicted octanol–water partition coefficient (Wildman–Crippen LogP) is 2.89. The van der Waals surface area contributed by atoms with Crippen molar-refractivity contribution in [3.63, 3.8) is 0 Å². The second-order valence-corrected chi connectivity index (χ2v) is 8.13. The van der Waals surface area contributed by atoms with Gasteiger partial charge in [-0.15, -0.1) is 0 Å². The van der Waals surface area contributed by atoms with Crippen molar-refractivity contribution in [2.45, 2.75) is 18.5 Å². The van der Waals surface area contributed by atoms with Crippen molar-refractivity contribution in [2.75, 3.05) is 59.9 Å². The van der Waals surface area contributed by atoms with Crippen LogP contribution in [-0.4, -0.2) is 71.9 Å². The van der Waals surface area contributed by atoms with Crippen molar-refractivity contribution in [3.8, 4) is 11.5 Å². The summed E-state index contributed by atoms with van der Waals surface area (Å²) in [5.74, 6) is 2.07. The van der Waals surface area contributed by atoms with Gasteiger partial charge in [-0.05, 0) is 38.2 Å². The zero-order chi connectivity index (χ0) is 23.1. The van der Waals surface area contributed by atoms with Crippen molar-refractivity contribution >= 4 is 11.6 Å². The normalized spacial score (nSPS) is 17.4. The first-order valence-corrected chi connectivity index (χ1v) is 10.8. The number of nitrogens with zero attached hydrogens (tertiary/aromatic N) is 3. The van der Waals surface area contributed by atoms with Crippen molar-refractivity contribution in [2.24, 2.45) is 4.99 Å². The molecule has 0 saturated carbocycles. The lowest BCUT2D eigenvalue weighted by Gasteiger charge is -2.27. The molecule has 32 heavy (non-hydrogen) atoms. The standard InChI is InChI=1S/C24H34FN5O2/c1-26-24(27-15-23(29(2)3)17-7-6-8-18(25)11-17)28-19-9-10-30(16-19)20-12-21(31-4)14-22(13-20)32-5/h6-8,11-14,19,23H,9-10,15-16H2,1-5H3,(H2,26,27,28). The quantitative estimate of drug-likeness (QED) is 0.483. The second kappa shape index (κ2) is 11.0. The van der Waals surface area contributed by atoms with Gasteiger partial charge in [0, 0.05) is 56.6 Å². The number of halogens is 1. The first kappa shape index (κ1) is 23.7. The van der Waals surface area contributed by atoms with Crippen LogP contribution in [0, 0.1) is 5.82 Å². The Morgan fingerprint density at radius 1 is 1.19 bits per heavy atom. The van der Waals surface area contributed by atoms with Crippen LogP contribution < -0.4 is 25.0 Å². The van der Waals surface area contributed by atoms with Gasteiger partial charge >= 0.3 is 0 Å². The summed E-state index contributed by atoms with van der Waals surface area (Å²) in [6, 6.07) is 12.9. The molecule has 0 aliphatic carbocycles. The van der Waals surface area contributed by atoms with Gasteiger partial charge in [0.2, 0.25) is 0 Å². The molecule has 1 fully saturated rings. The zero-order valence-electron chi connectivity index (χ0n) is 19.6. The number of likely N-dealkylation sites (N-methyl/N-ethyl adjacent to an activating group) is 1. The molecule has 7 nitrogen and oxygen atoms in total. The molecule has 1 saturated heterocycles. The molecule has 1 heterocycles. The van der Waals surface area contributed by atoms with Crippen molar-refractivity contribution in [1.82, 2.24) is 15.5 Å². The molecule has 8 heteroatoms. The third kappa shape index (κ3) is 6.03. The average molecular weight is 444 g/mol. The Balaban J connectivity index is 1.59. The fourth-order valence-corrected chi connectivity index (χ4v) is 3.98. The summed E-state index contributed by atoms with van der Waals surface area (Å²) in [5, 5.41) is 6.92. The first-order valence-electron chi connectivity index (χ1n) is 10.8. The predicted molar refractivity (Wildman–Crippen MR) is 127 cm³/mol. The summed E-state index contributed by atoms with van der Waals surface area (Å²) in [7, 11) is 9.07. The molecule has 2 atom stereocenters. The summed E-state index contributed by atoms with van der Waals surface area (Å²) >= 11 is 0. The zero-order valence-corrected chi connectivity index (χ0v) is 19.6. The molecule has 0 spiro atoms. The van der Waals surface area contributed by atoms with E-state index in [-0.39, 0.29) is 17.9 Å². The summed E-state index contributed by atoms with van der Waals surface area (Å²) in [4.78, 5) is 8.77. The smallest absolute Gasteiger partial charge is 0.191 e. The van der Waals surface area contributed by atoms with Crippen LogP contribution >= 0.6 is 0 Å². The van der Waals surface area contributed by atoms with E-state index in [1.807, 2.05) is 38.4 Å². The summed E-state index contributed by atoms with van der Waals surface area (Å²) < 4.78 is 24.5. The molecule has 1 aliphatic rings. The molecule has 2 unspecified atom stereocenters. The minimum Gasteiger partial charge on any atom is -0.497 e. The molecule has 1 aliphatic heterocycles. The molecule has 0 amide bonds. The maximum Gasteiger partial charge on any atom is 0.191 e. The fourth-order valence-electron chi connectivity index (χ4n) is 3.98. The molecule has 0 radical (unpaired) electrons. The van der Waals surface area contributed by atoms with E-state index >= 15 is 0 Å². The minimum atomic E-state index is -0.225. The van der Waals surface area contributed by atoms with Crippen LogP contribution in [-0.2, 0) is 0 Å². The minimum absolute atomic E-state index is 0.0218. The molecule has 2 aromatic rings. The molecular weight excluding hydrogens is 409 g/mol. The summed E-state index contributed by atoms with van der Waals surface area (Å²) in [6.45, 7) is 2.38. The van der Waals surface area contributed by atoms with Crippen LogP contribution in [0.4, 0.5) is 10.1 Å². The summed E-state index contributed by atoms with van der Waals surface area (Å²) in [5.41, 5.74) is 2.00. The van der Waals surface area contributed by atoms with Gasteiger partial charge in [-0.1, -0.05) is 12.1 Å². The van der Waals surface area contributed by atoms with E-state index in [4.69, 9.17) is 9.47 Å². The van der Waals surface area contributed by atoms with Gasteiger partial charge in [0.1, 0.15) is 17.3 Å². The SMILES string of the molecule is CN=C(NCC(c1cccc(F)c1)N(C)C)NC1CCN(c2cc(OC)cc(OC)c2)C1. The Hall–Kier alpha value is -3.00. The van der Waals surface area contributed by atoms with E-state index in [1.165, 1.54) is 6.07 Å². The number of ether oxygens (including phenoxy) is 2. The van der Waals surface area contributed by atoms with Crippen molar-refractivity contribution in [3.05, 3.63) is 53.8 Å². The second-order valence-electron chi connectivity index (χ2n) is 8.13. The van der Waals surface area contributed by atoms with Crippen LogP contribution in [0.5, 0.6) is 11.5 Å². The lowest BCUT2D eigenvalue weighted by Crippen LogP contribution is -2.46. The highest BCUT2D eigenvalue weighted by Crippen LogP contribution is 2.30. The highest BCUT2D eigenvalue weighted by molar-refractivity contribution is 5.80. The Bertz CT molecular complexity index is 899. The number of hydrogen-bond donors (Lipinski definition) is 2. The Labute approximate surface area is 190 Å². The highest BCUT2D eigenvalue weighted by atomic mass is 19.1. The Morgan fingerprint density at radius 3 is 2.50 bits per heavy atom. The average Bonchev–Trinajstić information content (AvgIpc) is 3.26. The molecule has 2 aromatic carbocycles. The number of nitrogens with one attached hydrogen (secondary N) is 2. The fraction of sp³-hybridized carbons (Fsp3) is 0.458. The van der Waals surface area contributed by atoms with E-state index in [9.17, 15) is 4.39 Å². The number of hydrogen-bond acceptors (Lipinski definition) is 5. The molecule has 174 valence electrons. The lowest BCUT2D eigenvalue weighted by molar-refractivity contribution is 0.297. The maximum atomic E-state index is 13.7. The van der Waals surface area contributed by atoms with Crippen LogP contribution in [0.3, 0.4) is 0 Å². The van der Waals surface area contributed by atoms with E-state index in [1.54, 1.807) is 33.4 Å². The largest absolute Gasteiger partial charge is 0.497 e. The number of guanidine groups is 1. The topological polar surface area (TPSA) is 61.4 Å². The third-order valence-electron chi connectivity index (χ3n) is 5.77. The molecular formula is C24H34FN5O2. The van der Waals surface area contributed by atoms with Crippen molar-refractivity contribution in [1.29, 1.82) is 0 Å². The van der Waals surface area contributed by atoms with Crippen LogP contribution in [0.25, 0.3) is 0 Å². The third-order valence-corrected chi connectivity index (χ3v) is 5.77. The van der Waals surface area contributed by atoms with Gasteiger partial charge in [-0.2, -0.15) is 0 Å². The van der Waals surface area contributed by atoms with Gasteiger partial charge in [0.05, 0.1) is 20.3 Å². The molecule has 0 bridgehead atoms. The van der Waals surface area contributed by atoms with Crippen LogP contribution in [0.2, 0.25) is 0 Å². The Kier molecular flexibility index (Phi) is 8.16. The maximum absolute atomic E-state index is 13.7. The van der Waals surface area contributed by atoms with E-state index in [0.717, 1.165) is 48.2 Å². The first-order chi connectivity index (χ1) is 15.4.